The lowest BCUT2D eigenvalue weighted by atomic mass is 9.85. The Bertz CT molecular complexity index is 200. The molecule has 0 unspecified atom stereocenters. The van der Waals surface area contributed by atoms with Crippen molar-refractivity contribution in [3.05, 3.63) is 0 Å². The Hall–Kier alpha value is 0.100. The van der Waals surface area contributed by atoms with Gasteiger partial charge in [-0.05, 0) is 57.1 Å². The number of nitrogens with one attached hydrogen (secondary N) is 1. The second-order valence-electron chi connectivity index (χ2n) is 4.74. The number of unbranched alkanes of at least 4 members (excludes halogenated alkanes) is 1. The fourth-order valence-electron chi connectivity index (χ4n) is 2.30. The van der Waals surface area contributed by atoms with Gasteiger partial charge in [-0.25, -0.2) is 0 Å². The highest BCUT2D eigenvalue weighted by molar-refractivity contribution is 7.98. The summed E-state index contributed by atoms with van der Waals surface area (Å²) in [6.07, 6.45) is 2.36. The molecule has 102 valence electrons. The van der Waals surface area contributed by atoms with E-state index < -0.39 is 12.1 Å². The Morgan fingerprint density at radius 3 is 2.29 bits per heavy atom. The van der Waals surface area contributed by atoms with Crippen molar-refractivity contribution in [1.82, 2.24) is 5.32 Å². The molecule has 1 saturated carbocycles. The van der Waals surface area contributed by atoms with Crippen LogP contribution < -0.4 is 5.32 Å². The van der Waals surface area contributed by atoms with Crippen LogP contribution in [0.4, 0.5) is 13.2 Å². The Labute approximate surface area is 106 Å². The molecular formula is C12H22F3NS. The summed E-state index contributed by atoms with van der Waals surface area (Å²) < 4.78 is 37.3. The molecule has 0 amide bonds. The first-order valence-electron chi connectivity index (χ1n) is 6.33. The molecule has 5 heteroatoms. The summed E-state index contributed by atoms with van der Waals surface area (Å²) in [6.45, 7) is 0.946. The van der Waals surface area contributed by atoms with Crippen molar-refractivity contribution in [1.29, 1.82) is 0 Å². The average molecular weight is 269 g/mol. The van der Waals surface area contributed by atoms with Gasteiger partial charge < -0.3 is 5.32 Å². The van der Waals surface area contributed by atoms with Crippen LogP contribution in [0.5, 0.6) is 0 Å². The fraction of sp³-hybridized carbons (Fsp3) is 1.00. The van der Waals surface area contributed by atoms with E-state index in [0.29, 0.717) is 31.7 Å². The summed E-state index contributed by atoms with van der Waals surface area (Å²) in [5.74, 6) is 0.111. The minimum atomic E-state index is -3.98. The second-order valence-corrected chi connectivity index (χ2v) is 5.73. The number of hydrogen-bond donors (Lipinski definition) is 1. The Kier molecular flexibility index (Phi) is 6.70. The summed E-state index contributed by atoms with van der Waals surface area (Å²) in [6, 6.07) is 0.308. The van der Waals surface area contributed by atoms with Gasteiger partial charge in [0.2, 0.25) is 0 Å². The van der Waals surface area contributed by atoms with E-state index >= 15 is 0 Å². The van der Waals surface area contributed by atoms with Gasteiger partial charge in [0.05, 0.1) is 5.92 Å². The van der Waals surface area contributed by atoms with E-state index in [1.165, 1.54) is 12.2 Å². The molecule has 0 radical (unpaired) electrons. The quantitative estimate of drug-likeness (QED) is 0.735. The van der Waals surface area contributed by atoms with E-state index in [0.717, 1.165) is 13.0 Å². The van der Waals surface area contributed by atoms with Crippen LogP contribution >= 0.6 is 11.8 Å². The van der Waals surface area contributed by atoms with E-state index in [1.807, 2.05) is 11.8 Å². The van der Waals surface area contributed by atoms with Gasteiger partial charge in [-0.15, -0.1) is 0 Å². The molecule has 1 N–H and O–H groups in total. The van der Waals surface area contributed by atoms with Crippen molar-refractivity contribution < 1.29 is 13.2 Å². The summed E-state index contributed by atoms with van der Waals surface area (Å²) >= 11 is 1.84. The van der Waals surface area contributed by atoms with E-state index in [2.05, 4.69) is 11.6 Å². The normalized spacial score (nSPS) is 26.1. The predicted octanol–water partition coefficient (Wildman–Crippen LogP) is 3.84. The zero-order valence-electron chi connectivity index (χ0n) is 10.4. The predicted molar refractivity (Wildman–Crippen MR) is 67.4 cm³/mol. The molecule has 0 aliphatic heterocycles. The van der Waals surface area contributed by atoms with E-state index in [1.54, 1.807) is 0 Å². The van der Waals surface area contributed by atoms with E-state index in [-0.39, 0.29) is 0 Å². The molecule has 0 atom stereocenters. The first kappa shape index (κ1) is 15.2. The van der Waals surface area contributed by atoms with Gasteiger partial charge in [-0.3, -0.25) is 0 Å². The monoisotopic (exact) mass is 269 g/mol. The molecule has 0 spiro atoms. The van der Waals surface area contributed by atoms with E-state index in [4.69, 9.17) is 0 Å². The highest BCUT2D eigenvalue weighted by Crippen LogP contribution is 2.37. The van der Waals surface area contributed by atoms with Crippen LogP contribution in [0.25, 0.3) is 0 Å². The minimum Gasteiger partial charge on any atom is -0.314 e. The first-order chi connectivity index (χ1) is 8.04. The second kappa shape index (κ2) is 7.52. The Balaban J connectivity index is 2.07. The number of alkyl halides is 3. The van der Waals surface area contributed by atoms with Crippen molar-refractivity contribution in [2.75, 3.05) is 18.6 Å². The lowest BCUT2D eigenvalue weighted by Crippen LogP contribution is -2.37. The summed E-state index contributed by atoms with van der Waals surface area (Å²) in [5.41, 5.74) is 0. The smallest absolute Gasteiger partial charge is 0.314 e. The lowest BCUT2D eigenvalue weighted by Gasteiger charge is -2.30. The van der Waals surface area contributed by atoms with Crippen LogP contribution in [0.15, 0.2) is 0 Å². The van der Waals surface area contributed by atoms with Gasteiger partial charge in [0.25, 0.3) is 0 Å². The number of rotatable bonds is 6. The topological polar surface area (TPSA) is 12.0 Å². The van der Waals surface area contributed by atoms with Crippen LogP contribution in [0.3, 0.4) is 0 Å². The summed E-state index contributed by atoms with van der Waals surface area (Å²) in [4.78, 5) is 0. The molecule has 1 nitrogen and oxygen atoms in total. The molecule has 0 aromatic rings. The third kappa shape index (κ3) is 6.00. The summed E-state index contributed by atoms with van der Waals surface area (Å²) in [7, 11) is 0. The average Bonchev–Trinajstić information content (AvgIpc) is 2.28. The molecule has 1 aliphatic carbocycles. The lowest BCUT2D eigenvalue weighted by molar-refractivity contribution is -0.182. The molecule has 0 bridgehead atoms. The zero-order valence-corrected chi connectivity index (χ0v) is 11.2. The third-order valence-electron chi connectivity index (χ3n) is 3.40. The number of thioether (sulfide) groups is 1. The van der Waals surface area contributed by atoms with Crippen molar-refractivity contribution in [3.63, 3.8) is 0 Å². The molecule has 1 fully saturated rings. The van der Waals surface area contributed by atoms with Crippen LogP contribution in [0.1, 0.15) is 38.5 Å². The third-order valence-corrected chi connectivity index (χ3v) is 4.10. The molecule has 0 aromatic heterocycles. The highest BCUT2D eigenvalue weighted by atomic mass is 32.2. The van der Waals surface area contributed by atoms with Gasteiger partial charge in [-0.2, -0.15) is 24.9 Å². The maximum atomic E-state index is 12.4. The van der Waals surface area contributed by atoms with Crippen molar-refractivity contribution in [2.45, 2.75) is 50.7 Å². The number of hydrogen-bond acceptors (Lipinski definition) is 2. The van der Waals surface area contributed by atoms with Crippen molar-refractivity contribution in [3.8, 4) is 0 Å². The SMILES string of the molecule is CSCCCCNC1CCC(C(F)(F)F)CC1. The van der Waals surface area contributed by atoms with Crippen LogP contribution in [0, 0.1) is 5.92 Å². The van der Waals surface area contributed by atoms with Gasteiger partial charge in [0.15, 0.2) is 0 Å². The fourth-order valence-corrected chi connectivity index (χ4v) is 2.80. The van der Waals surface area contributed by atoms with Gasteiger partial charge >= 0.3 is 6.18 Å². The minimum absolute atomic E-state index is 0.298. The largest absolute Gasteiger partial charge is 0.391 e. The van der Waals surface area contributed by atoms with Gasteiger partial charge in [0, 0.05) is 6.04 Å². The number of halogens is 3. The maximum absolute atomic E-state index is 12.4. The summed E-state index contributed by atoms with van der Waals surface area (Å²) in [5, 5.41) is 3.38. The molecule has 1 rings (SSSR count). The molecule has 0 saturated heterocycles. The van der Waals surface area contributed by atoms with Gasteiger partial charge in [0.1, 0.15) is 0 Å². The molecule has 0 heterocycles. The first-order valence-corrected chi connectivity index (χ1v) is 7.72. The molecular weight excluding hydrogens is 247 g/mol. The highest BCUT2D eigenvalue weighted by Gasteiger charge is 2.41. The van der Waals surface area contributed by atoms with E-state index in [9.17, 15) is 13.2 Å². The maximum Gasteiger partial charge on any atom is 0.391 e. The van der Waals surface area contributed by atoms with Crippen LogP contribution in [0.2, 0.25) is 0 Å². The van der Waals surface area contributed by atoms with Gasteiger partial charge in [-0.1, -0.05) is 0 Å². The molecule has 17 heavy (non-hydrogen) atoms. The van der Waals surface area contributed by atoms with Crippen molar-refractivity contribution in [2.24, 2.45) is 5.92 Å². The van der Waals surface area contributed by atoms with Crippen LogP contribution in [-0.2, 0) is 0 Å². The zero-order chi connectivity index (χ0) is 12.7. The Morgan fingerprint density at radius 2 is 1.76 bits per heavy atom. The Morgan fingerprint density at radius 1 is 1.12 bits per heavy atom. The molecule has 0 aromatic carbocycles. The van der Waals surface area contributed by atoms with Crippen molar-refractivity contribution >= 4 is 11.8 Å². The van der Waals surface area contributed by atoms with Crippen LogP contribution in [-0.4, -0.2) is 30.8 Å². The standard InChI is InChI=1S/C12H22F3NS/c1-17-9-3-2-8-16-11-6-4-10(5-7-11)12(13,14)15/h10-11,16H,2-9H2,1H3. The molecule has 1 aliphatic rings.